The number of aromatic amines is 1. The Kier molecular flexibility index (Phi) is 4.67. The molecule has 7 heteroatoms. The molecule has 1 aromatic heterocycles. The van der Waals surface area contributed by atoms with Crippen LogP contribution in [0.15, 0.2) is 54.9 Å². The Bertz CT molecular complexity index is 859. The van der Waals surface area contributed by atoms with Gasteiger partial charge in [0.05, 0.1) is 0 Å². The normalized spacial score (nSPS) is 11.3. The molecule has 0 atom stereocenters. The van der Waals surface area contributed by atoms with Crippen LogP contribution in [-0.4, -0.2) is 21.1 Å². The zero-order valence-electron chi connectivity index (χ0n) is 12.3. The van der Waals surface area contributed by atoms with Crippen LogP contribution in [0.3, 0.4) is 0 Å². The predicted molar refractivity (Wildman–Crippen MR) is 90.7 cm³/mol. The Hall–Kier alpha value is -2.99. The molecule has 1 amide bonds. The van der Waals surface area contributed by atoms with Crippen molar-refractivity contribution in [2.45, 2.75) is 0 Å². The molecule has 2 N–H and O–H groups in total. The molecule has 0 unspecified atom stereocenters. The SMILES string of the molecule is O=C(Nc1ncn[nH]1)/C(=C/c1ccc(Cl)cc1)c1ccc(F)cc1. The number of benzene rings is 2. The highest BCUT2D eigenvalue weighted by Crippen LogP contribution is 2.21. The van der Waals surface area contributed by atoms with Crippen molar-refractivity contribution in [1.29, 1.82) is 0 Å². The van der Waals surface area contributed by atoms with Crippen molar-refractivity contribution in [3.8, 4) is 0 Å². The van der Waals surface area contributed by atoms with Crippen LogP contribution in [0.1, 0.15) is 11.1 Å². The van der Waals surface area contributed by atoms with Gasteiger partial charge in [-0.25, -0.2) is 9.49 Å². The summed E-state index contributed by atoms with van der Waals surface area (Å²) in [5, 5.41) is 9.44. The molecule has 0 fully saturated rings. The van der Waals surface area contributed by atoms with E-state index in [1.54, 1.807) is 30.3 Å². The van der Waals surface area contributed by atoms with E-state index in [1.165, 1.54) is 30.6 Å². The zero-order chi connectivity index (χ0) is 16.9. The fraction of sp³-hybridized carbons (Fsp3) is 0. The molecule has 3 aromatic rings. The lowest BCUT2D eigenvalue weighted by atomic mass is 10.0. The number of anilines is 1. The minimum atomic E-state index is -0.395. The van der Waals surface area contributed by atoms with E-state index in [-0.39, 0.29) is 11.8 Å². The summed E-state index contributed by atoms with van der Waals surface area (Å²) in [7, 11) is 0. The molecular weight excluding hydrogens is 331 g/mol. The lowest BCUT2D eigenvalue weighted by molar-refractivity contribution is -0.111. The van der Waals surface area contributed by atoms with Crippen molar-refractivity contribution in [1.82, 2.24) is 15.2 Å². The fourth-order valence-corrected chi connectivity index (χ4v) is 2.20. The minimum Gasteiger partial charge on any atom is -0.291 e. The summed E-state index contributed by atoms with van der Waals surface area (Å²) in [6.45, 7) is 0. The van der Waals surface area contributed by atoms with Gasteiger partial charge in [-0.15, -0.1) is 0 Å². The first-order valence-electron chi connectivity index (χ1n) is 7.02. The molecule has 2 aromatic carbocycles. The highest BCUT2D eigenvalue weighted by Gasteiger charge is 2.14. The molecule has 0 aliphatic carbocycles. The third kappa shape index (κ3) is 3.85. The lowest BCUT2D eigenvalue weighted by Gasteiger charge is -2.08. The maximum absolute atomic E-state index is 13.2. The fourth-order valence-electron chi connectivity index (χ4n) is 2.08. The van der Waals surface area contributed by atoms with Crippen molar-refractivity contribution in [2.24, 2.45) is 0 Å². The summed E-state index contributed by atoms with van der Waals surface area (Å²) < 4.78 is 13.2. The maximum atomic E-state index is 13.2. The highest BCUT2D eigenvalue weighted by atomic mass is 35.5. The molecule has 1 heterocycles. The second-order valence-electron chi connectivity index (χ2n) is 4.90. The van der Waals surface area contributed by atoms with Crippen molar-refractivity contribution in [3.05, 3.63) is 76.8 Å². The van der Waals surface area contributed by atoms with Crippen molar-refractivity contribution in [2.75, 3.05) is 5.32 Å². The highest BCUT2D eigenvalue weighted by molar-refractivity contribution is 6.31. The van der Waals surface area contributed by atoms with Crippen LogP contribution in [-0.2, 0) is 4.79 Å². The van der Waals surface area contributed by atoms with Crippen LogP contribution in [0.25, 0.3) is 11.6 Å². The second-order valence-corrected chi connectivity index (χ2v) is 5.34. The van der Waals surface area contributed by atoms with Gasteiger partial charge in [-0.1, -0.05) is 35.9 Å². The summed E-state index contributed by atoms with van der Waals surface area (Å²) in [5.41, 5.74) is 1.71. The number of aromatic nitrogens is 3. The first-order chi connectivity index (χ1) is 11.6. The monoisotopic (exact) mass is 342 g/mol. The van der Waals surface area contributed by atoms with Gasteiger partial charge in [-0.3, -0.25) is 10.1 Å². The van der Waals surface area contributed by atoms with Gasteiger partial charge in [-0.2, -0.15) is 10.1 Å². The van der Waals surface area contributed by atoms with E-state index < -0.39 is 5.91 Å². The van der Waals surface area contributed by atoms with Crippen molar-refractivity contribution >= 4 is 35.1 Å². The first kappa shape index (κ1) is 15.9. The molecule has 0 bridgehead atoms. The smallest absolute Gasteiger partial charge is 0.258 e. The Balaban J connectivity index is 1.98. The van der Waals surface area contributed by atoms with Gasteiger partial charge >= 0.3 is 0 Å². The number of hydrogen-bond acceptors (Lipinski definition) is 3. The quantitative estimate of drug-likeness (QED) is 0.560. The van der Waals surface area contributed by atoms with Gasteiger partial charge in [0.1, 0.15) is 12.1 Å². The first-order valence-corrected chi connectivity index (χ1v) is 7.39. The summed E-state index contributed by atoms with van der Waals surface area (Å²) in [6, 6.07) is 12.7. The van der Waals surface area contributed by atoms with Crippen LogP contribution in [0.2, 0.25) is 5.02 Å². The number of halogens is 2. The van der Waals surface area contributed by atoms with Gasteiger partial charge in [-0.05, 0) is 41.5 Å². The minimum absolute atomic E-state index is 0.226. The van der Waals surface area contributed by atoms with E-state index in [0.29, 0.717) is 16.2 Å². The number of carbonyl (C=O) groups excluding carboxylic acids is 1. The number of rotatable bonds is 4. The van der Waals surface area contributed by atoms with E-state index in [0.717, 1.165) is 5.56 Å². The summed E-state index contributed by atoms with van der Waals surface area (Å²) in [6.07, 6.45) is 2.98. The van der Waals surface area contributed by atoms with E-state index in [1.807, 2.05) is 0 Å². The Morgan fingerprint density at radius 2 is 1.83 bits per heavy atom. The molecule has 24 heavy (non-hydrogen) atoms. The molecular formula is C17H12ClFN4O. The second kappa shape index (κ2) is 7.06. The standard InChI is InChI=1S/C17H12ClFN4O/c18-13-5-1-11(2-6-13)9-15(12-3-7-14(19)8-4-12)16(24)22-17-20-10-21-23-17/h1-10H,(H2,20,21,22,23,24)/b15-9+. The van der Waals surface area contributed by atoms with Crippen LogP contribution < -0.4 is 5.32 Å². The molecule has 120 valence electrons. The van der Waals surface area contributed by atoms with Crippen LogP contribution in [0, 0.1) is 5.82 Å². The predicted octanol–water partition coefficient (Wildman–Crippen LogP) is 3.78. The maximum Gasteiger partial charge on any atom is 0.258 e. The van der Waals surface area contributed by atoms with E-state index in [4.69, 9.17) is 11.6 Å². The Morgan fingerprint density at radius 1 is 1.12 bits per heavy atom. The van der Waals surface area contributed by atoms with Crippen LogP contribution >= 0.6 is 11.6 Å². The molecule has 0 saturated carbocycles. The van der Waals surface area contributed by atoms with E-state index in [2.05, 4.69) is 20.5 Å². The number of nitrogens with one attached hydrogen (secondary N) is 2. The average molecular weight is 343 g/mol. The van der Waals surface area contributed by atoms with E-state index in [9.17, 15) is 9.18 Å². The van der Waals surface area contributed by atoms with Gasteiger partial charge in [0, 0.05) is 10.6 Å². The number of H-pyrrole nitrogens is 1. The molecule has 5 nitrogen and oxygen atoms in total. The van der Waals surface area contributed by atoms with Gasteiger partial charge in [0.25, 0.3) is 5.91 Å². The number of amides is 1. The summed E-state index contributed by atoms with van der Waals surface area (Å²) in [5.74, 6) is -0.544. The molecule has 0 saturated heterocycles. The number of carbonyl (C=O) groups is 1. The molecule has 0 radical (unpaired) electrons. The third-order valence-corrected chi connectivity index (χ3v) is 3.48. The average Bonchev–Trinajstić information content (AvgIpc) is 3.08. The number of nitrogens with zero attached hydrogens (tertiary/aromatic N) is 2. The van der Waals surface area contributed by atoms with Gasteiger partial charge < -0.3 is 0 Å². The van der Waals surface area contributed by atoms with Crippen molar-refractivity contribution in [3.63, 3.8) is 0 Å². The molecule has 3 rings (SSSR count). The Morgan fingerprint density at radius 3 is 2.46 bits per heavy atom. The van der Waals surface area contributed by atoms with Crippen molar-refractivity contribution < 1.29 is 9.18 Å². The lowest BCUT2D eigenvalue weighted by Crippen LogP contribution is -2.14. The third-order valence-electron chi connectivity index (χ3n) is 3.23. The summed E-state index contributed by atoms with van der Waals surface area (Å²) in [4.78, 5) is 16.4. The van der Waals surface area contributed by atoms with E-state index >= 15 is 0 Å². The molecule has 0 aliphatic heterocycles. The van der Waals surface area contributed by atoms with Crippen LogP contribution in [0.4, 0.5) is 10.3 Å². The molecule has 0 spiro atoms. The van der Waals surface area contributed by atoms with Gasteiger partial charge in [0.2, 0.25) is 5.95 Å². The largest absolute Gasteiger partial charge is 0.291 e. The topological polar surface area (TPSA) is 70.7 Å². The van der Waals surface area contributed by atoms with Gasteiger partial charge in [0.15, 0.2) is 0 Å². The summed E-state index contributed by atoms with van der Waals surface area (Å²) >= 11 is 5.88. The Labute approximate surface area is 142 Å². The molecule has 0 aliphatic rings. The van der Waals surface area contributed by atoms with Crippen LogP contribution in [0.5, 0.6) is 0 Å². The zero-order valence-corrected chi connectivity index (χ0v) is 13.1. The number of hydrogen-bond donors (Lipinski definition) is 2.